The van der Waals surface area contributed by atoms with Crippen LogP contribution in [0.5, 0.6) is 5.75 Å². The smallest absolute Gasteiger partial charge is 0.182 e. The van der Waals surface area contributed by atoms with Gasteiger partial charge in [0.2, 0.25) is 0 Å². The fourth-order valence-corrected chi connectivity index (χ4v) is 5.09. The predicted octanol–water partition coefficient (Wildman–Crippen LogP) is 3.70. The lowest BCUT2D eigenvalue weighted by Gasteiger charge is -2.32. The van der Waals surface area contributed by atoms with Crippen LogP contribution >= 0.6 is 0 Å². The minimum atomic E-state index is -3.53. The van der Waals surface area contributed by atoms with Crippen molar-refractivity contribution in [3.63, 3.8) is 0 Å². The van der Waals surface area contributed by atoms with E-state index in [-0.39, 0.29) is 16.4 Å². The third-order valence-electron chi connectivity index (χ3n) is 5.00. The van der Waals surface area contributed by atoms with Crippen molar-refractivity contribution in [3.05, 3.63) is 65.4 Å². The number of benzene rings is 2. The zero-order chi connectivity index (χ0) is 19.0. The largest absolute Gasteiger partial charge is 0.497 e. The van der Waals surface area contributed by atoms with Crippen LogP contribution < -0.4 is 4.74 Å². The Hall–Kier alpha value is -2.60. The van der Waals surface area contributed by atoms with Gasteiger partial charge < -0.3 is 9.47 Å². The normalized spacial score (nSPS) is 19.1. The maximum absolute atomic E-state index is 12.9. The molecule has 1 heterocycles. The van der Waals surface area contributed by atoms with Gasteiger partial charge in [0.25, 0.3) is 0 Å². The zero-order valence-electron chi connectivity index (χ0n) is 15.0. The summed E-state index contributed by atoms with van der Waals surface area (Å²) in [5.41, 5.74) is 2.02. The Morgan fingerprint density at radius 3 is 2.63 bits per heavy atom. The van der Waals surface area contributed by atoms with Crippen LogP contribution in [0, 0.1) is 0 Å². The molecule has 27 heavy (non-hydrogen) atoms. The first-order valence-electron chi connectivity index (χ1n) is 8.89. The molecule has 0 N–H and O–H groups in total. The van der Waals surface area contributed by atoms with Crippen molar-refractivity contribution in [3.8, 4) is 5.75 Å². The van der Waals surface area contributed by atoms with Gasteiger partial charge in [-0.15, -0.1) is 0 Å². The van der Waals surface area contributed by atoms with E-state index in [1.807, 2.05) is 0 Å². The van der Waals surface area contributed by atoms with Crippen LogP contribution in [-0.4, -0.2) is 27.1 Å². The number of ether oxygens (including phenoxy) is 2. The van der Waals surface area contributed by atoms with E-state index >= 15 is 0 Å². The van der Waals surface area contributed by atoms with E-state index in [0.29, 0.717) is 35.5 Å². The molecule has 0 aromatic heterocycles. The number of Topliss-reactive ketones (excluding diaryl/α,β-unsaturated/α-hetero) is 1. The molecule has 0 saturated carbocycles. The van der Waals surface area contributed by atoms with E-state index in [0.717, 1.165) is 12.0 Å². The van der Waals surface area contributed by atoms with Gasteiger partial charge in [0.15, 0.2) is 15.6 Å². The summed E-state index contributed by atoms with van der Waals surface area (Å²) in [6.45, 7) is 0. The number of carbonyl (C=O) groups excluding carboxylic acids is 1. The quantitative estimate of drug-likeness (QED) is 0.804. The van der Waals surface area contributed by atoms with E-state index in [2.05, 4.69) is 0 Å². The summed E-state index contributed by atoms with van der Waals surface area (Å²) in [5, 5.41) is 0. The summed E-state index contributed by atoms with van der Waals surface area (Å²) in [6.07, 6.45) is 1.18. The fourth-order valence-electron chi connectivity index (χ4n) is 3.68. The second-order valence-electron chi connectivity index (χ2n) is 6.73. The Morgan fingerprint density at radius 2 is 1.89 bits per heavy atom. The number of hydrogen-bond acceptors (Lipinski definition) is 5. The van der Waals surface area contributed by atoms with Crippen LogP contribution in [-0.2, 0) is 19.4 Å². The van der Waals surface area contributed by atoms with Gasteiger partial charge in [-0.05, 0) is 36.2 Å². The third-order valence-corrected chi connectivity index (χ3v) is 6.73. The van der Waals surface area contributed by atoms with E-state index in [4.69, 9.17) is 9.47 Å². The third kappa shape index (κ3) is 3.25. The number of carbonyl (C=O) groups is 1. The topological polar surface area (TPSA) is 69.7 Å². The van der Waals surface area contributed by atoms with Crippen molar-refractivity contribution in [2.24, 2.45) is 0 Å². The van der Waals surface area contributed by atoms with Gasteiger partial charge in [-0.3, -0.25) is 4.79 Å². The van der Waals surface area contributed by atoms with Crippen molar-refractivity contribution in [2.75, 3.05) is 12.9 Å². The summed E-state index contributed by atoms with van der Waals surface area (Å²) in [5.74, 6) is 1.09. The molecule has 140 valence electrons. The van der Waals surface area contributed by atoms with Gasteiger partial charge in [-0.2, -0.15) is 0 Å². The monoisotopic (exact) mass is 384 g/mol. The van der Waals surface area contributed by atoms with Crippen molar-refractivity contribution in [1.82, 2.24) is 0 Å². The average molecular weight is 384 g/mol. The van der Waals surface area contributed by atoms with E-state index in [1.165, 1.54) is 0 Å². The van der Waals surface area contributed by atoms with E-state index < -0.39 is 15.9 Å². The molecule has 5 nitrogen and oxygen atoms in total. The number of allylic oxidation sites excluding steroid dienone is 2. The molecule has 1 aliphatic carbocycles. The molecule has 0 radical (unpaired) electrons. The number of ketones is 1. The van der Waals surface area contributed by atoms with Crippen LogP contribution in [0.4, 0.5) is 0 Å². The number of methoxy groups -OCH3 is 1. The summed E-state index contributed by atoms with van der Waals surface area (Å²) in [4.78, 5) is 12.8. The highest BCUT2D eigenvalue weighted by atomic mass is 32.2. The Morgan fingerprint density at radius 1 is 1.11 bits per heavy atom. The molecule has 0 bridgehead atoms. The molecule has 2 aromatic carbocycles. The molecule has 2 aliphatic rings. The molecular formula is C21H20O5S. The minimum absolute atomic E-state index is 0.0371. The van der Waals surface area contributed by atoms with Crippen LogP contribution in [0.15, 0.2) is 59.2 Å². The van der Waals surface area contributed by atoms with Crippen LogP contribution in [0.2, 0.25) is 0 Å². The van der Waals surface area contributed by atoms with E-state index in [9.17, 15) is 13.2 Å². The standard InChI is InChI=1S/C21H20O5S/c1-25-14-10-11-16-17(12-14)21-18(22)8-5-9-19(21)26-20(16)13-27(23,24)15-6-3-2-4-7-15/h2-4,6-7,10-12,20H,5,8-9,13H2,1H3/t20-/m0/s1. The lowest BCUT2D eigenvalue weighted by molar-refractivity contribution is -0.114. The summed E-state index contributed by atoms with van der Waals surface area (Å²) < 4.78 is 37.1. The Bertz CT molecular complexity index is 1020. The highest BCUT2D eigenvalue weighted by molar-refractivity contribution is 7.91. The molecule has 0 spiro atoms. The lowest BCUT2D eigenvalue weighted by atomic mass is 9.85. The van der Waals surface area contributed by atoms with Gasteiger partial charge in [0.05, 0.1) is 23.3 Å². The van der Waals surface area contributed by atoms with Gasteiger partial charge in [0.1, 0.15) is 17.6 Å². The SMILES string of the molecule is COc1ccc2c(c1)C1=C(CCCC1=O)O[C@H]2CS(=O)(=O)c1ccccc1. The molecule has 0 amide bonds. The maximum atomic E-state index is 12.9. The second kappa shape index (κ2) is 6.85. The first-order chi connectivity index (χ1) is 13.0. The van der Waals surface area contributed by atoms with Crippen LogP contribution in [0.3, 0.4) is 0 Å². The van der Waals surface area contributed by atoms with E-state index in [1.54, 1.807) is 55.6 Å². The molecule has 0 fully saturated rings. The molecule has 0 saturated heterocycles. The van der Waals surface area contributed by atoms with Crippen LogP contribution in [0.1, 0.15) is 36.5 Å². The maximum Gasteiger partial charge on any atom is 0.182 e. The fraction of sp³-hybridized carbons (Fsp3) is 0.286. The predicted molar refractivity (Wildman–Crippen MR) is 101 cm³/mol. The molecule has 1 aliphatic heterocycles. The highest BCUT2D eigenvalue weighted by Gasteiger charge is 2.36. The van der Waals surface area contributed by atoms with Crippen molar-refractivity contribution >= 4 is 21.2 Å². The molecule has 0 unspecified atom stereocenters. The number of fused-ring (bicyclic) bond motifs is 2. The molecule has 1 atom stereocenters. The number of sulfone groups is 1. The Kier molecular flexibility index (Phi) is 4.52. The summed E-state index contributed by atoms with van der Waals surface area (Å²) in [7, 11) is -1.97. The molecule has 4 rings (SSSR count). The molecular weight excluding hydrogens is 364 g/mol. The molecule has 2 aromatic rings. The number of rotatable bonds is 4. The first-order valence-corrected chi connectivity index (χ1v) is 10.5. The second-order valence-corrected chi connectivity index (χ2v) is 8.76. The Balaban J connectivity index is 1.77. The molecule has 6 heteroatoms. The van der Waals surface area contributed by atoms with Crippen LogP contribution in [0.25, 0.3) is 5.57 Å². The highest BCUT2D eigenvalue weighted by Crippen LogP contribution is 2.43. The van der Waals surface area contributed by atoms with Crippen molar-refractivity contribution in [1.29, 1.82) is 0 Å². The van der Waals surface area contributed by atoms with Gasteiger partial charge in [-0.1, -0.05) is 24.3 Å². The average Bonchev–Trinajstić information content (AvgIpc) is 2.68. The van der Waals surface area contributed by atoms with Gasteiger partial charge in [-0.25, -0.2) is 8.42 Å². The zero-order valence-corrected chi connectivity index (χ0v) is 15.8. The summed E-state index contributed by atoms with van der Waals surface area (Å²) >= 11 is 0. The first kappa shape index (κ1) is 17.8. The summed E-state index contributed by atoms with van der Waals surface area (Å²) in [6, 6.07) is 13.7. The number of hydrogen-bond donors (Lipinski definition) is 0. The van der Waals surface area contributed by atoms with Crippen molar-refractivity contribution in [2.45, 2.75) is 30.3 Å². The minimum Gasteiger partial charge on any atom is -0.497 e. The van der Waals surface area contributed by atoms with Crippen molar-refractivity contribution < 1.29 is 22.7 Å². The Labute approximate surface area is 158 Å². The van der Waals surface area contributed by atoms with Gasteiger partial charge >= 0.3 is 0 Å². The lowest BCUT2D eigenvalue weighted by Crippen LogP contribution is -2.25. The van der Waals surface area contributed by atoms with Gasteiger partial charge in [0, 0.05) is 18.4 Å².